The topological polar surface area (TPSA) is 189 Å². The van der Waals surface area contributed by atoms with E-state index in [1.807, 2.05) is 47.6 Å². The van der Waals surface area contributed by atoms with E-state index in [9.17, 15) is 39.6 Å². The summed E-state index contributed by atoms with van der Waals surface area (Å²) in [4.78, 5) is 50.5. The summed E-state index contributed by atoms with van der Waals surface area (Å²) in [6.45, 7) is 15.5. The number of aliphatic hydroxyl groups is 3. The maximum absolute atomic E-state index is 13.5. The van der Waals surface area contributed by atoms with Gasteiger partial charge in [-0.3, -0.25) is 19.2 Å². The number of phenols is 1. The highest BCUT2D eigenvalue weighted by Crippen LogP contribution is 2.51. The first-order chi connectivity index (χ1) is 22.7. The number of rotatable bonds is 10. The van der Waals surface area contributed by atoms with Crippen LogP contribution in [-0.4, -0.2) is 74.1 Å². The van der Waals surface area contributed by atoms with Crippen molar-refractivity contribution in [1.82, 2.24) is 5.32 Å². The van der Waals surface area contributed by atoms with Crippen LogP contribution in [0.1, 0.15) is 93.3 Å². The summed E-state index contributed by atoms with van der Waals surface area (Å²) in [5, 5.41) is 45.4. The first-order valence-electron chi connectivity index (χ1n) is 16.4. The van der Waals surface area contributed by atoms with Gasteiger partial charge in [-0.15, -0.1) is 0 Å². The standard InChI is InChI=1S/C37H47NO11/c1-17(14-11-15-39)28(41)20(4)32-22(6)31(47-36(7,8)48-32)18(2)12-10-13-19(3)35(45)38-23-16-24(40)25-26(30(23)43)29(42)21(5)33-27(25)34(44)37(9,46)49-33/h10-18,20,22,28,31-32,34,41-42,44,46H,1-9H3,(H,38,45)/b12-10+,14-11+,19-13-/t17?,18?,20?,22?,28?,31?,32?,34-,37+/m1/s1. The lowest BCUT2D eigenvalue weighted by Gasteiger charge is -2.49. The first-order valence-corrected chi connectivity index (χ1v) is 16.4. The van der Waals surface area contributed by atoms with Crippen molar-refractivity contribution in [2.24, 2.45) is 23.7 Å². The summed E-state index contributed by atoms with van der Waals surface area (Å²) in [6.07, 6.45) is 6.70. The zero-order valence-electron chi connectivity index (χ0n) is 29.3. The van der Waals surface area contributed by atoms with Crippen LogP contribution in [0.4, 0.5) is 0 Å². The Morgan fingerprint density at radius 2 is 1.67 bits per heavy atom. The van der Waals surface area contributed by atoms with E-state index in [0.717, 1.165) is 6.08 Å². The van der Waals surface area contributed by atoms with Gasteiger partial charge < -0.3 is 40.0 Å². The molecule has 3 aliphatic rings. The number of carbonyl (C=O) groups is 4. The van der Waals surface area contributed by atoms with Gasteiger partial charge in [0.1, 0.15) is 23.9 Å². The molecule has 2 heterocycles. The van der Waals surface area contributed by atoms with Gasteiger partial charge in [0.05, 0.1) is 29.6 Å². The molecular formula is C37H47NO11. The molecule has 266 valence electrons. The van der Waals surface area contributed by atoms with Crippen LogP contribution in [0.15, 0.2) is 47.7 Å². The number of allylic oxidation sites excluding steroid dienone is 5. The van der Waals surface area contributed by atoms with Crippen LogP contribution in [-0.2, 0) is 19.1 Å². The van der Waals surface area contributed by atoms with E-state index in [2.05, 4.69) is 5.32 Å². The molecule has 0 radical (unpaired) electrons. The fourth-order valence-electron chi connectivity index (χ4n) is 6.81. The van der Waals surface area contributed by atoms with Crippen LogP contribution in [0, 0.1) is 30.6 Å². The number of amides is 1. The maximum atomic E-state index is 13.5. The number of phenolic OH excluding ortho intramolecular Hbond substituents is 1. The number of Topliss-reactive ketones (excluding diaryl/α,β-unsaturated/α-hetero) is 1. The molecule has 4 rings (SSSR count). The molecule has 12 nitrogen and oxygen atoms in total. The van der Waals surface area contributed by atoms with Crippen LogP contribution < -0.4 is 10.1 Å². The van der Waals surface area contributed by atoms with Crippen LogP contribution in [0.5, 0.6) is 11.5 Å². The summed E-state index contributed by atoms with van der Waals surface area (Å²) in [6, 6.07) is 0. The highest BCUT2D eigenvalue weighted by atomic mass is 16.7. The minimum absolute atomic E-state index is 0.0547. The SMILES string of the molecule is C/C(=C/C=C/C(C)C1OC(C)(C)OC(C(C)C(O)C(C)/C=C/C=O)C1C)C(=O)NC1=CC(=O)c2c(c(O)c(C)c3c2[C@@H](O)[C@@](C)(O)O3)C1=O. The Morgan fingerprint density at radius 1 is 1.04 bits per heavy atom. The molecule has 0 bridgehead atoms. The Hall–Kier alpha value is -3.94. The van der Waals surface area contributed by atoms with Gasteiger partial charge in [0, 0.05) is 58.9 Å². The summed E-state index contributed by atoms with van der Waals surface area (Å²) < 4.78 is 18.0. The first kappa shape index (κ1) is 37.9. The quantitative estimate of drug-likeness (QED) is 0.137. The number of nitrogens with one attached hydrogen (secondary N) is 1. The fraction of sp³-hybridized carbons (Fsp3) is 0.514. The maximum Gasteiger partial charge on any atom is 0.251 e. The number of hydrogen-bond acceptors (Lipinski definition) is 11. The van der Waals surface area contributed by atoms with Gasteiger partial charge in [-0.25, -0.2) is 0 Å². The number of fused-ring (bicyclic) bond motifs is 3. The highest BCUT2D eigenvalue weighted by molar-refractivity contribution is 6.27. The molecule has 7 unspecified atom stereocenters. The van der Waals surface area contributed by atoms with Crippen molar-refractivity contribution in [3.63, 3.8) is 0 Å². The van der Waals surface area contributed by atoms with Crippen LogP contribution in [0.2, 0.25) is 0 Å². The Kier molecular flexibility index (Phi) is 10.9. The van der Waals surface area contributed by atoms with Gasteiger partial charge >= 0.3 is 0 Å². The molecule has 0 saturated carbocycles. The minimum Gasteiger partial charge on any atom is -0.507 e. The fourth-order valence-corrected chi connectivity index (χ4v) is 6.81. The van der Waals surface area contributed by atoms with Crippen molar-refractivity contribution < 1.29 is 53.8 Å². The molecule has 1 aliphatic carbocycles. The molecule has 1 aromatic rings. The predicted octanol–water partition coefficient (Wildman–Crippen LogP) is 3.90. The highest BCUT2D eigenvalue weighted by Gasteiger charge is 2.49. The lowest BCUT2D eigenvalue weighted by molar-refractivity contribution is -0.335. The van der Waals surface area contributed by atoms with Crippen molar-refractivity contribution >= 4 is 23.8 Å². The molecule has 0 spiro atoms. The number of aliphatic hydroxyl groups excluding tert-OH is 2. The molecule has 2 aliphatic heterocycles. The minimum atomic E-state index is -2.08. The average molecular weight is 682 g/mol. The van der Waals surface area contributed by atoms with Gasteiger partial charge in [0.15, 0.2) is 11.6 Å². The lowest BCUT2D eigenvalue weighted by Crippen LogP contribution is -2.55. The van der Waals surface area contributed by atoms with E-state index in [0.29, 0.717) is 6.29 Å². The molecule has 1 amide bonds. The third kappa shape index (κ3) is 7.34. The van der Waals surface area contributed by atoms with Crippen LogP contribution in [0.3, 0.4) is 0 Å². The van der Waals surface area contributed by atoms with Crippen molar-refractivity contribution in [3.05, 3.63) is 70.0 Å². The van der Waals surface area contributed by atoms with Crippen LogP contribution >= 0.6 is 0 Å². The molecule has 0 aromatic heterocycles. The summed E-state index contributed by atoms with van der Waals surface area (Å²) >= 11 is 0. The summed E-state index contributed by atoms with van der Waals surface area (Å²) in [5.74, 6) is -6.70. The number of ketones is 2. The molecule has 9 atom stereocenters. The number of carbonyl (C=O) groups excluding carboxylic acids is 4. The Morgan fingerprint density at radius 3 is 2.31 bits per heavy atom. The van der Waals surface area contributed by atoms with Crippen molar-refractivity contribution in [2.45, 2.75) is 98.3 Å². The molecule has 1 aromatic carbocycles. The number of ether oxygens (including phenoxy) is 3. The number of aldehydes is 1. The van der Waals surface area contributed by atoms with Crippen molar-refractivity contribution in [2.75, 3.05) is 0 Å². The second kappa shape index (κ2) is 14.1. The van der Waals surface area contributed by atoms with Crippen molar-refractivity contribution in [3.8, 4) is 11.5 Å². The van der Waals surface area contributed by atoms with E-state index in [1.165, 1.54) is 26.8 Å². The van der Waals surface area contributed by atoms with E-state index < -0.39 is 52.6 Å². The Bertz CT molecular complexity index is 1650. The van der Waals surface area contributed by atoms with E-state index in [4.69, 9.17) is 14.2 Å². The Labute approximate surface area is 286 Å². The zero-order valence-corrected chi connectivity index (χ0v) is 29.3. The van der Waals surface area contributed by atoms with E-state index in [1.54, 1.807) is 18.2 Å². The molecule has 1 fully saturated rings. The lowest BCUT2D eigenvalue weighted by atomic mass is 9.78. The third-order valence-corrected chi connectivity index (χ3v) is 9.63. The van der Waals surface area contributed by atoms with Gasteiger partial charge in [0.2, 0.25) is 11.6 Å². The van der Waals surface area contributed by atoms with E-state index in [-0.39, 0.29) is 69.6 Å². The molecule has 12 heteroatoms. The predicted molar refractivity (Wildman–Crippen MR) is 179 cm³/mol. The molecular weight excluding hydrogens is 634 g/mol. The average Bonchev–Trinajstić information content (AvgIpc) is 3.28. The summed E-state index contributed by atoms with van der Waals surface area (Å²) in [5.41, 5.74) is -0.867. The van der Waals surface area contributed by atoms with Crippen molar-refractivity contribution in [1.29, 1.82) is 0 Å². The Balaban J connectivity index is 1.48. The number of aromatic hydroxyl groups is 1. The van der Waals surface area contributed by atoms with E-state index >= 15 is 0 Å². The second-order valence-electron chi connectivity index (χ2n) is 14.0. The largest absolute Gasteiger partial charge is 0.507 e. The third-order valence-electron chi connectivity index (χ3n) is 9.63. The number of benzene rings is 1. The second-order valence-corrected chi connectivity index (χ2v) is 14.0. The summed E-state index contributed by atoms with van der Waals surface area (Å²) in [7, 11) is 0. The zero-order chi connectivity index (χ0) is 36.7. The van der Waals surface area contributed by atoms with Gasteiger partial charge in [0.25, 0.3) is 5.91 Å². The van der Waals surface area contributed by atoms with Gasteiger partial charge in [-0.2, -0.15) is 0 Å². The smallest absolute Gasteiger partial charge is 0.251 e. The van der Waals surface area contributed by atoms with Gasteiger partial charge in [-0.05, 0) is 33.8 Å². The molecule has 1 saturated heterocycles. The van der Waals surface area contributed by atoms with Gasteiger partial charge in [-0.1, -0.05) is 52.0 Å². The molecule has 49 heavy (non-hydrogen) atoms. The monoisotopic (exact) mass is 681 g/mol. The van der Waals surface area contributed by atoms with Crippen LogP contribution in [0.25, 0.3) is 0 Å². The normalized spacial score (nSPS) is 29.1. The number of hydrogen-bond donors (Lipinski definition) is 5. The molecule has 5 N–H and O–H groups in total.